The zero-order valence-electron chi connectivity index (χ0n) is 9.23. The molecule has 6 nitrogen and oxygen atoms in total. The van der Waals surface area contributed by atoms with Gasteiger partial charge in [-0.1, -0.05) is 0 Å². The number of carbonyl (C=O) groups excluding carboxylic acids is 2. The Morgan fingerprint density at radius 1 is 1.24 bits per heavy atom. The lowest BCUT2D eigenvalue weighted by Crippen LogP contribution is -2.42. The summed E-state index contributed by atoms with van der Waals surface area (Å²) in [6.45, 7) is 0. The molecule has 1 aromatic rings. The summed E-state index contributed by atoms with van der Waals surface area (Å²) in [7, 11) is 0. The predicted octanol–water partition coefficient (Wildman–Crippen LogP) is 0.723. The summed E-state index contributed by atoms with van der Waals surface area (Å²) < 4.78 is 5.19. The van der Waals surface area contributed by atoms with Crippen LogP contribution in [0.1, 0.15) is 48.0 Å². The zero-order chi connectivity index (χ0) is 11.8. The highest BCUT2D eigenvalue weighted by molar-refractivity contribution is 5.93. The van der Waals surface area contributed by atoms with E-state index in [1.807, 2.05) is 0 Å². The van der Waals surface area contributed by atoms with Crippen molar-refractivity contribution in [2.45, 2.75) is 31.6 Å². The molecule has 17 heavy (non-hydrogen) atoms. The zero-order valence-corrected chi connectivity index (χ0v) is 9.23. The molecular weight excluding hydrogens is 222 g/mol. The van der Waals surface area contributed by atoms with Gasteiger partial charge >= 0.3 is 0 Å². The van der Waals surface area contributed by atoms with E-state index in [0.717, 1.165) is 25.7 Å². The van der Waals surface area contributed by atoms with E-state index in [-0.39, 0.29) is 17.5 Å². The van der Waals surface area contributed by atoms with Gasteiger partial charge in [0.1, 0.15) is 6.26 Å². The number of aromatic nitrogens is 1. The van der Waals surface area contributed by atoms with E-state index in [9.17, 15) is 9.59 Å². The van der Waals surface area contributed by atoms with E-state index in [1.165, 1.54) is 6.26 Å². The summed E-state index contributed by atoms with van der Waals surface area (Å²) >= 11 is 0. The Bertz CT molecular complexity index is 460. The Hall–Kier alpha value is -1.85. The molecule has 0 unspecified atom stereocenters. The summed E-state index contributed by atoms with van der Waals surface area (Å²) in [6, 6.07) is 0. The molecule has 0 bridgehead atoms. The lowest BCUT2D eigenvalue weighted by molar-refractivity contribution is -0.123. The molecule has 0 aromatic carbocycles. The number of hydrazine groups is 1. The fraction of sp³-hybridized carbons (Fsp3) is 0.545. The molecule has 0 aliphatic heterocycles. The third-order valence-corrected chi connectivity index (χ3v) is 2.93. The smallest absolute Gasteiger partial charge is 0.291 e. The van der Waals surface area contributed by atoms with E-state index in [0.29, 0.717) is 11.8 Å². The number of rotatable bonds is 3. The second-order valence-corrected chi connectivity index (χ2v) is 4.56. The molecule has 2 amide bonds. The molecule has 1 heterocycles. The Balaban J connectivity index is 1.54. The second kappa shape index (κ2) is 3.87. The molecular formula is C11H13N3O3. The van der Waals surface area contributed by atoms with E-state index >= 15 is 0 Å². The van der Waals surface area contributed by atoms with Crippen LogP contribution in [-0.4, -0.2) is 16.8 Å². The maximum Gasteiger partial charge on any atom is 0.291 e. The number of nitrogens with one attached hydrogen (secondary N) is 2. The molecule has 2 N–H and O–H groups in total. The molecule has 2 saturated carbocycles. The number of hydrogen-bond acceptors (Lipinski definition) is 4. The highest BCUT2D eigenvalue weighted by Crippen LogP contribution is 2.39. The highest BCUT2D eigenvalue weighted by atomic mass is 16.3. The molecule has 2 aliphatic rings. The van der Waals surface area contributed by atoms with Gasteiger partial charge in [-0.05, 0) is 25.7 Å². The molecule has 2 fully saturated rings. The van der Waals surface area contributed by atoms with Gasteiger partial charge in [0, 0.05) is 11.8 Å². The minimum absolute atomic E-state index is 0.0645. The van der Waals surface area contributed by atoms with Crippen molar-refractivity contribution in [1.29, 1.82) is 0 Å². The van der Waals surface area contributed by atoms with Gasteiger partial charge in [-0.2, -0.15) is 0 Å². The van der Waals surface area contributed by atoms with Crippen molar-refractivity contribution in [2.24, 2.45) is 5.92 Å². The van der Waals surface area contributed by atoms with Crippen LogP contribution in [0, 0.1) is 5.92 Å². The lowest BCUT2D eigenvalue weighted by atomic mass is 10.4. The first-order valence-electron chi connectivity index (χ1n) is 5.79. The van der Waals surface area contributed by atoms with E-state index in [2.05, 4.69) is 15.8 Å². The maximum atomic E-state index is 11.6. The van der Waals surface area contributed by atoms with Crippen LogP contribution in [0.3, 0.4) is 0 Å². The molecule has 3 rings (SSSR count). The Morgan fingerprint density at radius 2 is 2.00 bits per heavy atom. The number of hydrogen-bond donors (Lipinski definition) is 2. The van der Waals surface area contributed by atoms with Crippen molar-refractivity contribution in [3.63, 3.8) is 0 Å². The SMILES string of the molecule is O=C(NNC(=O)C1CC1)c1coc(C2CC2)n1. The van der Waals surface area contributed by atoms with Crippen LogP contribution < -0.4 is 10.9 Å². The van der Waals surface area contributed by atoms with Crippen LogP contribution in [0.15, 0.2) is 10.7 Å². The van der Waals surface area contributed by atoms with Crippen LogP contribution in [-0.2, 0) is 4.79 Å². The van der Waals surface area contributed by atoms with E-state index < -0.39 is 5.91 Å². The second-order valence-electron chi connectivity index (χ2n) is 4.56. The van der Waals surface area contributed by atoms with Gasteiger partial charge in [0.25, 0.3) is 5.91 Å². The normalized spacial score (nSPS) is 18.8. The Labute approximate surface area is 97.7 Å². The third kappa shape index (κ3) is 2.30. The van der Waals surface area contributed by atoms with Crippen LogP contribution in [0.5, 0.6) is 0 Å². The summed E-state index contributed by atoms with van der Waals surface area (Å²) in [5.74, 6) is 0.481. The molecule has 90 valence electrons. The average molecular weight is 235 g/mol. The molecule has 0 radical (unpaired) electrons. The number of amides is 2. The summed E-state index contributed by atoms with van der Waals surface area (Å²) in [4.78, 5) is 27.0. The molecule has 0 saturated heterocycles. The molecule has 6 heteroatoms. The fourth-order valence-electron chi connectivity index (χ4n) is 1.54. The standard InChI is InChI=1S/C11H13N3O3/c15-9(6-1-2-6)13-14-10(16)8-5-17-11(12-8)7-3-4-7/h5-7H,1-4H2,(H,13,15)(H,14,16). The third-order valence-electron chi connectivity index (χ3n) is 2.93. The van der Waals surface area contributed by atoms with Crippen molar-refractivity contribution in [3.05, 3.63) is 17.8 Å². The van der Waals surface area contributed by atoms with Gasteiger partial charge in [0.2, 0.25) is 5.91 Å². The minimum Gasteiger partial charge on any atom is -0.448 e. The van der Waals surface area contributed by atoms with Crippen LogP contribution in [0.25, 0.3) is 0 Å². The molecule has 2 aliphatic carbocycles. The number of oxazole rings is 1. The van der Waals surface area contributed by atoms with Gasteiger partial charge in [0.15, 0.2) is 11.6 Å². The first-order chi connectivity index (χ1) is 8.24. The quantitative estimate of drug-likeness (QED) is 0.756. The van der Waals surface area contributed by atoms with Crippen molar-refractivity contribution in [3.8, 4) is 0 Å². The average Bonchev–Trinajstić information content (AvgIpc) is 3.23. The van der Waals surface area contributed by atoms with Crippen molar-refractivity contribution >= 4 is 11.8 Å². The topological polar surface area (TPSA) is 84.2 Å². The van der Waals surface area contributed by atoms with Crippen molar-refractivity contribution in [1.82, 2.24) is 15.8 Å². The van der Waals surface area contributed by atoms with Crippen molar-refractivity contribution in [2.75, 3.05) is 0 Å². The van der Waals surface area contributed by atoms with E-state index in [4.69, 9.17) is 4.42 Å². The van der Waals surface area contributed by atoms with Crippen LogP contribution in [0.4, 0.5) is 0 Å². The van der Waals surface area contributed by atoms with Crippen LogP contribution >= 0.6 is 0 Å². The summed E-state index contributed by atoms with van der Waals surface area (Å²) in [5, 5.41) is 0. The molecule has 1 aromatic heterocycles. The first-order valence-corrected chi connectivity index (χ1v) is 5.79. The Morgan fingerprint density at radius 3 is 2.65 bits per heavy atom. The minimum atomic E-state index is -0.436. The molecule has 0 atom stereocenters. The van der Waals surface area contributed by atoms with Crippen LogP contribution in [0.2, 0.25) is 0 Å². The lowest BCUT2D eigenvalue weighted by Gasteiger charge is -2.03. The maximum absolute atomic E-state index is 11.6. The predicted molar refractivity (Wildman–Crippen MR) is 56.8 cm³/mol. The Kier molecular flexibility index (Phi) is 2.35. The number of carbonyl (C=O) groups is 2. The van der Waals surface area contributed by atoms with Gasteiger partial charge in [-0.15, -0.1) is 0 Å². The molecule has 0 spiro atoms. The van der Waals surface area contributed by atoms with Crippen molar-refractivity contribution < 1.29 is 14.0 Å². The van der Waals surface area contributed by atoms with Gasteiger partial charge in [0.05, 0.1) is 0 Å². The van der Waals surface area contributed by atoms with Gasteiger partial charge in [-0.25, -0.2) is 4.98 Å². The summed E-state index contributed by atoms with van der Waals surface area (Å²) in [6.07, 6.45) is 5.27. The monoisotopic (exact) mass is 235 g/mol. The fourth-order valence-corrected chi connectivity index (χ4v) is 1.54. The number of nitrogens with zero attached hydrogens (tertiary/aromatic N) is 1. The largest absolute Gasteiger partial charge is 0.448 e. The highest BCUT2D eigenvalue weighted by Gasteiger charge is 2.31. The first kappa shape index (κ1) is 10.3. The summed E-state index contributed by atoms with van der Waals surface area (Å²) in [5.41, 5.74) is 4.92. The van der Waals surface area contributed by atoms with E-state index in [1.54, 1.807) is 0 Å². The van der Waals surface area contributed by atoms with Gasteiger partial charge in [-0.3, -0.25) is 20.4 Å². The van der Waals surface area contributed by atoms with Gasteiger partial charge < -0.3 is 4.42 Å².